The molecule has 0 fully saturated rings. The molecule has 2 N–H and O–H groups in total. The number of amides is 2. The lowest BCUT2D eigenvalue weighted by molar-refractivity contribution is -0.384. The molecule has 0 radical (unpaired) electrons. The standard InChI is InChI=1S/C19H18ClF3N4O4/c1-2-26(10-17(28)24-12-7-8-14(20)16(9-12)27(30)31)11-18(29)25-15-6-4-3-5-13(15)19(21,22)23/h3-9H,2,10-11H2,1H3,(H,24,28)(H,25,29). The van der Waals surface area contributed by atoms with Crippen LogP contribution in [-0.4, -0.2) is 41.3 Å². The van der Waals surface area contributed by atoms with Gasteiger partial charge in [0, 0.05) is 11.8 Å². The molecule has 0 spiro atoms. The smallest absolute Gasteiger partial charge is 0.325 e. The zero-order valence-electron chi connectivity index (χ0n) is 16.2. The first-order valence-corrected chi connectivity index (χ1v) is 9.31. The maximum Gasteiger partial charge on any atom is 0.418 e. The van der Waals surface area contributed by atoms with Crippen molar-refractivity contribution in [2.75, 3.05) is 30.3 Å². The summed E-state index contributed by atoms with van der Waals surface area (Å²) in [5.41, 5.74) is -1.60. The predicted octanol–water partition coefficient (Wildman–Crippen LogP) is 4.17. The number of hydrogen-bond acceptors (Lipinski definition) is 5. The van der Waals surface area contributed by atoms with Crippen molar-refractivity contribution in [1.29, 1.82) is 0 Å². The number of hydrogen-bond donors (Lipinski definition) is 2. The lowest BCUT2D eigenvalue weighted by atomic mass is 10.1. The van der Waals surface area contributed by atoms with E-state index in [0.717, 1.165) is 18.2 Å². The molecule has 0 saturated carbocycles. The molecule has 0 unspecified atom stereocenters. The monoisotopic (exact) mass is 458 g/mol. The Morgan fingerprint density at radius 1 is 1.10 bits per heavy atom. The minimum absolute atomic E-state index is 0.0889. The van der Waals surface area contributed by atoms with Crippen molar-refractivity contribution in [3.63, 3.8) is 0 Å². The fourth-order valence-electron chi connectivity index (χ4n) is 2.65. The molecule has 0 bridgehead atoms. The Morgan fingerprint density at radius 3 is 2.29 bits per heavy atom. The molecule has 0 aromatic heterocycles. The average molecular weight is 459 g/mol. The molecule has 166 valence electrons. The minimum Gasteiger partial charge on any atom is -0.325 e. The fourth-order valence-corrected chi connectivity index (χ4v) is 2.83. The lowest BCUT2D eigenvalue weighted by Gasteiger charge is -2.20. The molecule has 0 aliphatic carbocycles. The Bertz CT molecular complexity index is 985. The van der Waals surface area contributed by atoms with E-state index in [1.165, 1.54) is 29.2 Å². The zero-order valence-corrected chi connectivity index (χ0v) is 17.0. The summed E-state index contributed by atoms with van der Waals surface area (Å²) in [5.74, 6) is -1.30. The number of nitrogens with one attached hydrogen (secondary N) is 2. The van der Waals surface area contributed by atoms with Gasteiger partial charge in [-0.05, 0) is 30.8 Å². The third-order valence-corrected chi connectivity index (χ3v) is 4.43. The molecular weight excluding hydrogens is 441 g/mol. The number of alkyl halides is 3. The number of carbonyl (C=O) groups is 2. The second-order valence-corrected chi connectivity index (χ2v) is 6.77. The highest BCUT2D eigenvalue weighted by Gasteiger charge is 2.33. The van der Waals surface area contributed by atoms with E-state index < -0.39 is 28.5 Å². The van der Waals surface area contributed by atoms with Crippen molar-refractivity contribution in [1.82, 2.24) is 4.90 Å². The second kappa shape index (κ2) is 10.2. The lowest BCUT2D eigenvalue weighted by Crippen LogP contribution is -2.38. The van der Waals surface area contributed by atoms with Gasteiger partial charge in [-0.3, -0.25) is 24.6 Å². The summed E-state index contributed by atoms with van der Waals surface area (Å²) in [4.78, 5) is 36.1. The number of benzene rings is 2. The van der Waals surface area contributed by atoms with Crippen molar-refractivity contribution in [2.45, 2.75) is 13.1 Å². The second-order valence-electron chi connectivity index (χ2n) is 6.37. The van der Waals surface area contributed by atoms with Gasteiger partial charge in [0.2, 0.25) is 11.8 Å². The number of nitro groups is 1. The summed E-state index contributed by atoms with van der Waals surface area (Å²) in [6.07, 6.45) is -4.63. The number of rotatable bonds is 8. The first-order chi connectivity index (χ1) is 14.5. The molecule has 2 aromatic carbocycles. The Hall–Kier alpha value is -3.18. The van der Waals surface area contributed by atoms with Crippen LogP contribution in [0.5, 0.6) is 0 Å². The van der Waals surface area contributed by atoms with Gasteiger partial charge >= 0.3 is 6.18 Å². The van der Waals surface area contributed by atoms with Gasteiger partial charge in [0.25, 0.3) is 5.69 Å². The summed E-state index contributed by atoms with van der Waals surface area (Å²) in [6, 6.07) is 8.30. The summed E-state index contributed by atoms with van der Waals surface area (Å²) < 4.78 is 39.1. The number of carbonyl (C=O) groups excluding carboxylic acids is 2. The summed E-state index contributed by atoms with van der Waals surface area (Å²) in [7, 11) is 0. The van der Waals surface area contributed by atoms with Gasteiger partial charge in [0.15, 0.2) is 0 Å². The molecule has 2 rings (SSSR count). The molecule has 2 aromatic rings. The summed E-state index contributed by atoms with van der Waals surface area (Å²) >= 11 is 5.72. The molecule has 8 nitrogen and oxygen atoms in total. The van der Waals surface area contributed by atoms with Crippen molar-refractivity contribution < 1.29 is 27.7 Å². The first kappa shape index (κ1) is 24.1. The van der Waals surface area contributed by atoms with Crippen LogP contribution >= 0.6 is 11.6 Å². The van der Waals surface area contributed by atoms with E-state index >= 15 is 0 Å². The van der Waals surface area contributed by atoms with E-state index in [4.69, 9.17) is 11.6 Å². The molecular formula is C19H18ClF3N4O4. The van der Waals surface area contributed by atoms with Crippen LogP contribution in [0.4, 0.5) is 30.2 Å². The van der Waals surface area contributed by atoms with E-state index in [2.05, 4.69) is 10.6 Å². The maximum absolute atomic E-state index is 13.0. The van der Waals surface area contributed by atoms with Crippen LogP contribution in [0.2, 0.25) is 5.02 Å². The fraction of sp³-hybridized carbons (Fsp3) is 0.263. The van der Waals surface area contributed by atoms with E-state index in [9.17, 15) is 32.9 Å². The van der Waals surface area contributed by atoms with Gasteiger partial charge in [0.05, 0.1) is 29.3 Å². The van der Waals surface area contributed by atoms with Gasteiger partial charge in [-0.2, -0.15) is 13.2 Å². The number of nitro benzene ring substituents is 1. The van der Waals surface area contributed by atoms with Crippen LogP contribution in [-0.2, 0) is 15.8 Å². The van der Waals surface area contributed by atoms with Gasteiger partial charge in [0.1, 0.15) is 5.02 Å². The van der Waals surface area contributed by atoms with Crippen LogP contribution < -0.4 is 10.6 Å². The number of anilines is 2. The van der Waals surface area contributed by atoms with E-state index in [1.807, 2.05) is 0 Å². The normalized spacial score (nSPS) is 11.3. The molecule has 0 atom stereocenters. The average Bonchev–Trinajstić information content (AvgIpc) is 2.68. The molecule has 31 heavy (non-hydrogen) atoms. The molecule has 0 aliphatic rings. The molecule has 2 amide bonds. The Balaban J connectivity index is 1.99. The topological polar surface area (TPSA) is 105 Å². The van der Waals surface area contributed by atoms with Crippen LogP contribution in [0.25, 0.3) is 0 Å². The van der Waals surface area contributed by atoms with Gasteiger partial charge in [-0.25, -0.2) is 0 Å². The highest BCUT2D eigenvalue weighted by molar-refractivity contribution is 6.32. The molecule has 0 saturated heterocycles. The highest BCUT2D eigenvalue weighted by atomic mass is 35.5. The zero-order chi connectivity index (χ0) is 23.2. The van der Waals surface area contributed by atoms with Crippen molar-refractivity contribution in [3.8, 4) is 0 Å². The summed E-state index contributed by atoms with van der Waals surface area (Å²) in [5, 5.41) is 15.5. The molecule has 0 aliphatic heterocycles. The van der Waals surface area contributed by atoms with Gasteiger partial charge in [-0.15, -0.1) is 0 Å². The number of halogens is 4. The quantitative estimate of drug-likeness (QED) is 0.456. The van der Waals surface area contributed by atoms with Gasteiger partial charge in [-0.1, -0.05) is 30.7 Å². The predicted molar refractivity (Wildman–Crippen MR) is 109 cm³/mol. The third-order valence-electron chi connectivity index (χ3n) is 4.11. The number of nitrogens with zero attached hydrogens (tertiary/aromatic N) is 2. The highest BCUT2D eigenvalue weighted by Crippen LogP contribution is 2.34. The Morgan fingerprint density at radius 2 is 1.71 bits per heavy atom. The van der Waals surface area contributed by atoms with Crippen molar-refractivity contribution in [2.24, 2.45) is 0 Å². The largest absolute Gasteiger partial charge is 0.418 e. The molecule has 0 heterocycles. The van der Waals surface area contributed by atoms with Crippen molar-refractivity contribution in [3.05, 3.63) is 63.2 Å². The van der Waals surface area contributed by atoms with Crippen LogP contribution in [0, 0.1) is 10.1 Å². The Kier molecular flexibility index (Phi) is 7.95. The number of likely N-dealkylation sites (N-methyl/N-ethyl adjacent to an activating group) is 1. The van der Waals surface area contributed by atoms with E-state index in [1.54, 1.807) is 6.92 Å². The summed E-state index contributed by atoms with van der Waals surface area (Å²) in [6.45, 7) is 1.32. The molecule has 12 heteroatoms. The van der Waals surface area contributed by atoms with Crippen molar-refractivity contribution >= 4 is 40.5 Å². The third kappa shape index (κ3) is 6.93. The maximum atomic E-state index is 13.0. The van der Waals surface area contributed by atoms with E-state index in [0.29, 0.717) is 0 Å². The van der Waals surface area contributed by atoms with E-state index in [-0.39, 0.29) is 41.7 Å². The number of para-hydroxylation sites is 1. The Labute approximate surface area is 180 Å². The van der Waals surface area contributed by atoms with Crippen LogP contribution in [0.1, 0.15) is 12.5 Å². The van der Waals surface area contributed by atoms with Crippen LogP contribution in [0.3, 0.4) is 0 Å². The first-order valence-electron chi connectivity index (χ1n) is 8.93. The van der Waals surface area contributed by atoms with Crippen LogP contribution in [0.15, 0.2) is 42.5 Å². The van der Waals surface area contributed by atoms with Gasteiger partial charge < -0.3 is 10.6 Å². The SMILES string of the molecule is CCN(CC(=O)Nc1ccc(Cl)c([N+](=O)[O-])c1)CC(=O)Nc1ccccc1C(F)(F)F. The minimum atomic E-state index is -4.63.